The molecule has 3 aromatic rings. The number of carbonyl (C=O) groups is 3. The third-order valence-electron chi connectivity index (χ3n) is 5.22. The summed E-state index contributed by atoms with van der Waals surface area (Å²) in [6.45, 7) is 3.09. The van der Waals surface area contributed by atoms with Crippen molar-refractivity contribution in [3.63, 3.8) is 0 Å². The highest BCUT2D eigenvalue weighted by atomic mass is 16.4. The van der Waals surface area contributed by atoms with Crippen molar-refractivity contribution < 1.29 is 19.5 Å². The van der Waals surface area contributed by atoms with Gasteiger partial charge in [-0.2, -0.15) is 0 Å². The number of aliphatic carboxylic acids is 1. The monoisotopic (exact) mass is 466 g/mol. The summed E-state index contributed by atoms with van der Waals surface area (Å²) in [7, 11) is 0. The normalized spacial score (nSPS) is 12.8. The van der Waals surface area contributed by atoms with Crippen LogP contribution in [-0.2, 0) is 20.9 Å². The predicted octanol–water partition coefficient (Wildman–Crippen LogP) is 1.16. The maximum absolute atomic E-state index is 12.9. The number of nitrogens with one attached hydrogen (secondary N) is 3. The van der Waals surface area contributed by atoms with Gasteiger partial charge in [0.2, 0.25) is 11.8 Å². The average molecular weight is 466 g/mol. The van der Waals surface area contributed by atoms with Crippen LogP contribution in [0, 0.1) is 5.92 Å². The van der Waals surface area contributed by atoms with Crippen LogP contribution in [0.3, 0.4) is 0 Å². The summed E-state index contributed by atoms with van der Waals surface area (Å²) in [5, 5.41) is 14.8. The number of hydrogen-bond donors (Lipinski definition) is 4. The fourth-order valence-electron chi connectivity index (χ4n) is 3.61. The van der Waals surface area contributed by atoms with Crippen molar-refractivity contribution in [3.05, 3.63) is 81.0 Å². The Hall–Kier alpha value is -4.21. The number of carbonyl (C=O) groups excluding carboxylic acids is 2. The first-order chi connectivity index (χ1) is 16.2. The van der Waals surface area contributed by atoms with Crippen LogP contribution in [0.2, 0.25) is 0 Å². The molecular formula is C24H26N4O6. The highest BCUT2D eigenvalue weighted by Gasteiger charge is 2.28. The van der Waals surface area contributed by atoms with Crippen molar-refractivity contribution in [2.45, 2.75) is 38.9 Å². The van der Waals surface area contributed by atoms with Crippen LogP contribution in [0.4, 0.5) is 0 Å². The summed E-state index contributed by atoms with van der Waals surface area (Å²) >= 11 is 0. The molecule has 178 valence electrons. The minimum absolute atomic E-state index is 0.0113. The third-order valence-corrected chi connectivity index (χ3v) is 5.22. The maximum atomic E-state index is 12.9. The quantitative estimate of drug-likeness (QED) is 0.372. The number of amides is 2. The average Bonchev–Trinajstić information content (AvgIpc) is 2.79. The SMILES string of the molecule is CC(C)C[C@H](NC(=O)Cn1c(=O)[nH]c2ccccc2c1=O)C(=O)N[C@@H](C(=O)O)c1ccccc1. The van der Waals surface area contributed by atoms with Crippen molar-refractivity contribution in [1.29, 1.82) is 0 Å². The lowest BCUT2D eigenvalue weighted by atomic mass is 10.0. The Morgan fingerprint density at radius 1 is 0.971 bits per heavy atom. The van der Waals surface area contributed by atoms with Crippen molar-refractivity contribution >= 4 is 28.7 Å². The van der Waals surface area contributed by atoms with E-state index < -0.39 is 47.7 Å². The molecule has 0 radical (unpaired) electrons. The molecule has 0 aliphatic carbocycles. The highest BCUT2D eigenvalue weighted by molar-refractivity contribution is 5.91. The van der Waals surface area contributed by atoms with Gasteiger partial charge in [0.1, 0.15) is 12.6 Å². The zero-order chi connectivity index (χ0) is 24.8. The number of carboxylic acids is 1. The van der Waals surface area contributed by atoms with Gasteiger partial charge in [0.25, 0.3) is 5.56 Å². The number of aromatic amines is 1. The Kier molecular flexibility index (Phi) is 7.62. The zero-order valence-corrected chi connectivity index (χ0v) is 18.8. The molecule has 10 heteroatoms. The fraction of sp³-hybridized carbons (Fsp3) is 0.292. The second-order valence-electron chi connectivity index (χ2n) is 8.31. The van der Waals surface area contributed by atoms with E-state index in [1.807, 2.05) is 13.8 Å². The summed E-state index contributed by atoms with van der Waals surface area (Å²) in [6, 6.07) is 12.3. The molecule has 0 saturated heterocycles. The molecule has 0 bridgehead atoms. The topological polar surface area (TPSA) is 150 Å². The van der Waals surface area contributed by atoms with E-state index in [9.17, 15) is 29.1 Å². The molecule has 2 atom stereocenters. The molecule has 34 heavy (non-hydrogen) atoms. The number of rotatable bonds is 9. The van der Waals surface area contributed by atoms with Crippen molar-refractivity contribution in [1.82, 2.24) is 20.2 Å². The number of carboxylic acid groups (broad SMARTS) is 1. The number of fused-ring (bicyclic) bond motifs is 1. The van der Waals surface area contributed by atoms with Gasteiger partial charge in [0.05, 0.1) is 10.9 Å². The second kappa shape index (κ2) is 10.6. The molecule has 4 N–H and O–H groups in total. The molecule has 1 heterocycles. The van der Waals surface area contributed by atoms with Crippen LogP contribution in [0.15, 0.2) is 64.2 Å². The molecule has 0 aliphatic heterocycles. The summed E-state index contributed by atoms with van der Waals surface area (Å²) in [5.41, 5.74) is -0.646. The first-order valence-corrected chi connectivity index (χ1v) is 10.8. The van der Waals surface area contributed by atoms with Crippen LogP contribution < -0.4 is 21.9 Å². The summed E-state index contributed by atoms with van der Waals surface area (Å²) in [4.78, 5) is 65.0. The minimum Gasteiger partial charge on any atom is -0.479 e. The van der Waals surface area contributed by atoms with Crippen molar-refractivity contribution in [2.75, 3.05) is 0 Å². The number of para-hydroxylation sites is 1. The van der Waals surface area contributed by atoms with Gasteiger partial charge in [-0.15, -0.1) is 0 Å². The minimum atomic E-state index is -1.30. The molecule has 2 aromatic carbocycles. The lowest BCUT2D eigenvalue weighted by Gasteiger charge is -2.23. The molecule has 10 nitrogen and oxygen atoms in total. The van der Waals surface area contributed by atoms with E-state index in [1.165, 1.54) is 6.07 Å². The van der Waals surface area contributed by atoms with E-state index >= 15 is 0 Å². The molecule has 0 unspecified atom stereocenters. The standard InChI is InChI=1S/C24H26N4O6/c1-14(2)12-18(21(30)27-20(23(32)33)15-8-4-3-5-9-15)25-19(29)13-28-22(31)16-10-6-7-11-17(16)26-24(28)34/h3-11,14,18,20H,12-13H2,1-2H3,(H,25,29)(H,26,34)(H,27,30)(H,32,33)/t18-,20+/m0/s1. The van der Waals surface area contributed by atoms with E-state index in [-0.39, 0.29) is 17.7 Å². The molecule has 0 spiro atoms. The first-order valence-electron chi connectivity index (χ1n) is 10.8. The smallest absolute Gasteiger partial charge is 0.330 e. The molecule has 1 aromatic heterocycles. The Morgan fingerprint density at radius 2 is 1.62 bits per heavy atom. The molecule has 0 aliphatic rings. The van der Waals surface area contributed by atoms with Crippen LogP contribution in [0.5, 0.6) is 0 Å². The van der Waals surface area contributed by atoms with Crippen molar-refractivity contribution in [2.24, 2.45) is 5.92 Å². The number of H-pyrrole nitrogens is 1. The van der Waals surface area contributed by atoms with E-state index in [1.54, 1.807) is 48.5 Å². The van der Waals surface area contributed by atoms with Gasteiger partial charge < -0.3 is 20.7 Å². The predicted molar refractivity (Wildman–Crippen MR) is 125 cm³/mol. The van der Waals surface area contributed by atoms with Crippen LogP contribution in [-0.4, -0.2) is 38.5 Å². The van der Waals surface area contributed by atoms with Crippen LogP contribution in [0.1, 0.15) is 31.9 Å². The van der Waals surface area contributed by atoms with Gasteiger partial charge in [0.15, 0.2) is 6.04 Å². The summed E-state index contributed by atoms with van der Waals surface area (Å²) in [6.07, 6.45) is 0.224. The van der Waals surface area contributed by atoms with Gasteiger partial charge in [-0.3, -0.25) is 19.0 Å². The van der Waals surface area contributed by atoms with Gasteiger partial charge >= 0.3 is 11.7 Å². The van der Waals surface area contributed by atoms with E-state index in [4.69, 9.17) is 0 Å². The number of benzene rings is 2. The maximum Gasteiger partial charge on any atom is 0.330 e. The Morgan fingerprint density at radius 3 is 2.26 bits per heavy atom. The van der Waals surface area contributed by atoms with Crippen LogP contribution >= 0.6 is 0 Å². The molecule has 0 fully saturated rings. The largest absolute Gasteiger partial charge is 0.479 e. The molecular weight excluding hydrogens is 440 g/mol. The van der Waals surface area contributed by atoms with E-state index in [0.717, 1.165) is 4.57 Å². The zero-order valence-electron chi connectivity index (χ0n) is 18.8. The Labute approximate surface area is 194 Å². The summed E-state index contributed by atoms with van der Waals surface area (Å²) in [5.74, 6) is -2.67. The van der Waals surface area contributed by atoms with Gasteiger partial charge in [-0.1, -0.05) is 56.3 Å². The van der Waals surface area contributed by atoms with E-state index in [0.29, 0.717) is 11.1 Å². The molecule has 3 rings (SSSR count). The number of aromatic nitrogens is 2. The Bertz CT molecular complexity index is 1310. The third kappa shape index (κ3) is 5.77. The van der Waals surface area contributed by atoms with Gasteiger partial charge in [-0.05, 0) is 30.0 Å². The highest BCUT2D eigenvalue weighted by Crippen LogP contribution is 2.14. The molecule has 0 saturated carbocycles. The number of nitrogens with zero attached hydrogens (tertiary/aromatic N) is 1. The molecule has 2 amide bonds. The lowest BCUT2D eigenvalue weighted by molar-refractivity contribution is -0.142. The van der Waals surface area contributed by atoms with E-state index in [2.05, 4.69) is 15.6 Å². The Balaban J connectivity index is 1.80. The van der Waals surface area contributed by atoms with Crippen LogP contribution in [0.25, 0.3) is 10.9 Å². The lowest BCUT2D eigenvalue weighted by Crippen LogP contribution is -2.51. The second-order valence-corrected chi connectivity index (χ2v) is 8.31. The summed E-state index contributed by atoms with van der Waals surface area (Å²) < 4.78 is 0.756. The number of hydrogen-bond acceptors (Lipinski definition) is 5. The first kappa shape index (κ1) is 24.4. The van der Waals surface area contributed by atoms with Gasteiger partial charge in [-0.25, -0.2) is 9.59 Å². The van der Waals surface area contributed by atoms with Gasteiger partial charge in [0, 0.05) is 0 Å². The van der Waals surface area contributed by atoms with Crippen molar-refractivity contribution in [3.8, 4) is 0 Å². The fourth-order valence-corrected chi connectivity index (χ4v) is 3.61.